The largest absolute Gasteiger partial charge is 0.511 e. The Morgan fingerprint density at radius 2 is 2.50 bits per heavy atom. The summed E-state index contributed by atoms with van der Waals surface area (Å²) in [6.07, 6.45) is 7.39. The van der Waals surface area contributed by atoms with Crippen LogP contribution in [0.3, 0.4) is 0 Å². The maximum atomic E-state index is 9.29. The first-order valence-electron chi connectivity index (χ1n) is 3.27. The molecule has 10 heavy (non-hydrogen) atoms. The number of hydrogen-bond acceptors (Lipinski definition) is 2. The Kier molecular flexibility index (Phi) is 1.62. The van der Waals surface area contributed by atoms with Gasteiger partial charge in [0.2, 0.25) is 0 Å². The van der Waals surface area contributed by atoms with Crippen LogP contribution < -0.4 is 0 Å². The lowest BCUT2D eigenvalue weighted by atomic mass is 9.83. The molecule has 1 aliphatic rings. The van der Waals surface area contributed by atoms with Gasteiger partial charge in [0, 0.05) is 6.21 Å². The zero-order chi connectivity index (χ0) is 7.61. The number of nitrogens with one attached hydrogen (secondary N) is 1. The second-order valence-corrected chi connectivity index (χ2v) is 2.75. The molecule has 0 bridgehead atoms. The Morgan fingerprint density at radius 1 is 1.80 bits per heavy atom. The number of hydrogen-bond donors (Lipinski definition) is 2. The van der Waals surface area contributed by atoms with Crippen molar-refractivity contribution in [3.8, 4) is 0 Å². The molecule has 54 valence electrons. The van der Waals surface area contributed by atoms with E-state index in [0.717, 1.165) is 6.42 Å². The van der Waals surface area contributed by atoms with Crippen LogP contribution in [0, 0.1) is 10.8 Å². The predicted molar refractivity (Wildman–Crippen MR) is 41.4 cm³/mol. The van der Waals surface area contributed by atoms with E-state index in [2.05, 4.69) is 0 Å². The standard InChI is InChI=1S/C8H11NO/c1-8(6-9)5-3-2-4-7(8)10/h2-4,6,9-10H,5H2,1H3. The van der Waals surface area contributed by atoms with Crippen molar-refractivity contribution >= 4 is 6.21 Å². The van der Waals surface area contributed by atoms with Crippen LogP contribution in [-0.4, -0.2) is 11.3 Å². The number of allylic oxidation sites excluding steroid dienone is 4. The van der Waals surface area contributed by atoms with Crippen LogP contribution in [0.4, 0.5) is 0 Å². The highest BCUT2D eigenvalue weighted by atomic mass is 16.3. The van der Waals surface area contributed by atoms with Crippen molar-refractivity contribution in [1.29, 1.82) is 5.41 Å². The predicted octanol–water partition coefficient (Wildman–Crippen LogP) is 2.04. The van der Waals surface area contributed by atoms with Crippen molar-refractivity contribution in [3.05, 3.63) is 24.0 Å². The van der Waals surface area contributed by atoms with Crippen molar-refractivity contribution in [2.24, 2.45) is 5.41 Å². The van der Waals surface area contributed by atoms with Gasteiger partial charge in [0.1, 0.15) is 5.76 Å². The van der Waals surface area contributed by atoms with Crippen molar-refractivity contribution in [3.63, 3.8) is 0 Å². The van der Waals surface area contributed by atoms with Crippen molar-refractivity contribution < 1.29 is 5.11 Å². The van der Waals surface area contributed by atoms with Gasteiger partial charge in [0.25, 0.3) is 0 Å². The first-order valence-corrected chi connectivity index (χ1v) is 3.27. The molecule has 1 atom stereocenters. The van der Waals surface area contributed by atoms with Gasteiger partial charge >= 0.3 is 0 Å². The number of rotatable bonds is 1. The first-order chi connectivity index (χ1) is 4.69. The van der Waals surface area contributed by atoms with Gasteiger partial charge in [0.15, 0.2) is 0 Å². The third-order valence-electron chi connectivity index (χ3n) is 1.84. The van der Waals surface area contributed by atoms with Crippen LogP contribution in [0.15, 0.2) is 24.0 Å². The highest BCUT2D eigenvalue weighted by Gasteiger charge is 2.26. The van der Waals surface area contributed by atoms with E-state index in [1.807, 2.05) is 13.0 Å². The summed E-state index contributed by atoms with van der Waals surface area (Å²) in [5.41, 5.74) is -0.450. The summed E-state index contributed by atoms with van der Waals surface area (Å²) in [6.45, 7) is 1.84. The lowest BCUT2D eigenvalue weighted by Crippen LogP contribution is -2.21. The highest BCUT2D eigenvalue weighted by molar-refractivity contribution is 5.67. The van der Waals surface area contributed by atoms with Gasteiger partial charge in [-0.05, 0) is 19.4 Å². The third-order valence-corrected chi connectivity index (χ3v) is 1.84. The molecule has 1 aliphatic carbocycles. The summed E-state index contributed by atoms with van der Waals surface area (Å²) in [5, 5.41) is 16.4. The molecule has 1 unspecified atom stereocenters. The molecule has 0 heterocycles. The van der Waals surface area contributed by atoms with E-state index in [4.69, 9.17) is 5.41 Å². The summed E-state index contributed by atoms with van der Waals surface area (Å²) in [6, 6.07) is 0. The van der Waals surface area contributed by atoms with Crippen LogP contribution >= 0.6 is 0 Å². The zero-order valence-electron chi connectivity index (χ0n) is 5.96. The Labute approximate surface area is 60.4 Å². The molecule has 0 saturated carbocycles. The molecular weight excluding hydrogens is 126 g/mol. The van der Waals surface area contributed by atoms with Gasteiger partial charge in [-0.25, -0.2) is 0 Å². The second-order valence-electron chi connectivity index (χ2n) is 2.75. The maximum absolute atomic E-state index is 9.29. The lowest BCUT2D eigenvalue weighted by molar-refractivity contribution is 0.303. The summed E-state index contributed by atoms with van der Waals surface area (Å²) >= 11 is 0. The van der Waals surface area contributed by atoms with Crippen LogP contribution in [0.25, 0.3) is 0 Å². The van der Waals surface area contributed by atoms with Crippen molar-refractivity contribution in [2.75, 3.05) is 0 Å². The van der Waals surface area contributed by atoms with Crippen molar-refractivity contribution in [1.82, 2.24) is 0 Å². The highest BCUT2D eigenvalue weighted by Crippen LogP contribution is 2.29. The molecule has 2 N–H and O–H groups in total. The van der Waals surface area contributed by atoms with Crippen LogP contribution in [0.2, 0.25) is 0 Å². The third kappa shape index (κ3) is 0.967. The molecule has 0 aromatic rings. The van der Waals surface area contributed by atoms with E-state index < -0.39 is 5.41 Å². The van der Waals surface area contributed by atoms with Crippen LogP contribution in [-0.2, 0) is 0 Å². The molecular formula is C8H11NO. The Morgan fingerprint density at radius 3 is 2.90 bits per heavy atom. The molecule has 0 aromatic heterocycles. The molecule has 0 fully saturated rings. The van der Waals surface area contributed by atoms with Crippen molar-refractivity contribution in [2.45, 2.75) is 13.3 Å². The smallest absolute Gasteiger partial charge is 0.104 e. The fraction of sp³-hybridized carbons (Fsp3) is 0.375. The van der Waals surface area contributed by atoms with Gasteiger partial charge in [-0.1, -0.05) is 12.2 Å². The molecule has 0 aliphatic heterocycles. The fourth-order valence-corrected chi connectivity index (χ4v) is 0.900. The van der Waals surface area contributed by atoms with Crippen LogP contribution in [0.1, 0.15) is 13.3 Å². The molecule has 2 heteroatoms. The van der Waals surface area contributed by atoms with E-state index in [1.54, 1.807) is 12.2 Å². The summed E-state index contributed by atoms with van der Waals surface area (Å²) in [4.78, 5) is 0. The average Bonchev–Trinajstić information content (AvgIpc) is 1.96. The average molecular weight is 137 g/mol. The minimum Gasteiger partial charge on any atom is -0.511 e. The van der Waals surface area contributed by atoms with E-state index >= 15 is 0 Å². The van der Waals surface area contributed by atoms with Gasteiger partial charge < -0.3 is 10.5 Å². The van der Waals surface area contributed by atoms with Crippen LogP contribution in [0.5, 0.6) is 0 Å². The molecule has 2 nitrogen and oxygen atoms in total. The molecule has 0 aromatic carbocycles. The van der Waals surface area contributed by atoms with Gasteiger partial charge in [-0.2, -0.15) is 0 Å². The molecule has 0 spiro atoms. The molecule has 0 radical (unpaired) electrons. The normalized spacial score (nSPS) is 31.5. The minimum absolute atomic E-state index is 0.282. The van der Waals surface area contributed by atoms with E-state index in [-0.39, 0.29) is 5.76 Å². The zero-order valence-corrected chi connectivity index (χ0v) is 5.96. The number of aliphatic hydroxyl groups is 1. The lowest BCUT2D eigenvalue weighted by Gasteiger charge is -2.23. The quantitative estimate of drug-likeness (QED) is 0.534. The van der Waals surface area contributed by atoms with E-state index in [0.29, 0.717) is 0 Å². The maximum Gasteiger partial charge on any atom is 0.104 e. The molecule has 1 rings (SSSR count). The summed E-state index contributed by atoms with van der Waals surface area (Å²) in [5.74, 6) is 0.282. The molecule has 0 amide bonds. The van der Waals surface area contributed by atoms with E-state index in [9.17, 15) is 5.11 Å². The van der Waals surface area contributed by atoms with Gasteiger partial charge in [0.05, 0.1) is 5.41 Å². The summed E-state index contributed by atoms with van der Waals surface area (Å²) < 4.78 is 0. The fourth-order valence-electron chi connectivity index (χ4n) is 0.900. The minimum atomic E-state index is -0.450. The topological polar surface area (TPSA) is 44.1 Å². The van der Waals surface area contributed by atoms with Gasteiger partial charge in [-0.3, -0.25) is 0 Å². The first kappa shape index (κ1) is 7.06. The number of aliphatic hydroxyl groups excluding tert-OH is 1. The second kappa shape index (κ2) is 2.29. The van der Waals surface area contributed by atoms with E-state index in [1.165, 1.54) is 6.21 Å². The molecule has 0 saturated heterocycles. The Hall–Kier alpha value is -1.05. The SMILES string of the molecule is CC1(C=N)CC=CC=C1O. The van der Waals surface area contributed by atoms with Gasteiger partial charge in [-0.15, -0.1) is 0 Å². The summed E-state index contributed by atoms with van der Waals surface area (Å²) in [7, 11) is 0. The Balaban J connectivity index is 2.91. The Bertz CT molecular complexity index is 205. The monoisotopic (exact) mass is 137 g/mol.